The van der Waals surface area contributed by atoms with Gasteiger partial charge in [-0.1, -0.05) is 0 Å². The SMILES string of the molecule is CC(C)(C)OC(=O)NOCC(=O)N1CCNCC1. The van der Waals surface area contributed by atoms with Crippen molar-refractivity contribution in [1.82, 2.24) is 15.7 Å². The molecule has 1 fully saturated rings. The van der Waals surface area contributed by atoms with Crippen LogP contribution in [0.25, 0.3) is 0 Å². The number of carbonyl (C=O) groups is 2. The Morgan fingerprint density at radius 1 is 1.28 bits per heavy atom. The molecular weight excluding hydrogens is 238 g/mol. The monoisotopic (exact) mass is 259 g/mol. The highest BCUT2D eigenvalue weighted by Crippen LogP contribution is 2.06. The van der Waals surface area contributed by atoms with Gasteiger partial charge in [0.15, 0.2) is 6.61 Å². The maximum Gasteiger partial charge on any atom is 0.431 e. The highest BCUT2D eigenvalue weighted by atomic mass is 16.7. The van der Waals surface area contributed by atoms with Crippen LogP contribution in [-0.4, -0.2) is 55.3 Å². The number of ether oxygens (including phenoxy) is 1. The molecule has 2 amide bonds. The fourth-order valence-electron chi connectivity index (χ4n) is 1.46. The van der Waals surface area contributed by atoms with Crippen LogP contribution >= 0.6 is 0 Å². The molecule has 0 aromatic heterocycles. The van der Waals surface area contributed by atoms with Gasteiger partial charge < -0.3 is 15.0 Å². The van der Waals surface area contributed by atoms with E-state index >= 15 is 0 Å². The fraction of sp³-hybridized carbons (Fsp3) is 0.818. The minimum atomic E-state index is -0.699. The van der Waals surface area contributed by atoms with Crippen LogP contribution in [0.5, 0.6) is 0 Å². The topological polar surface area (TPSA) is 79.9 Å². The Morgan fingerprint density at radius 2 is 1.89 bits per heavy atom. The summed E-state index contributed by atoms with van der Waals surface area (Å²) in [5.74, 6) is -0.146. The third-order valence-corrected chi connectivity index (χ3v) is 2.22. The summed E-state index contributed by atoms with van der Waals surface area (Å²) < 4.78 is 4.96. The molecule has 1 rings (SSSR count). The average molecular weight is 259 g/mol. The van der Waals surface area contributed by atoms with Crippen molar-refractivity contribution < 1.29 is 19.2 Å². The largest absolute Gasteiger partial charge is 0.442 e. The van der Waals surface area contributed by atoms with Crippen LogP contribution in [0, 0.1) is 0 Å². The fourth-order valence-corrected chi connectivity index (χ4v) is 1.46. The van der Waals surface area contributed by atoms with Crippen molar-refractivity contribution in [1.29, 1.82) is 0 Å². The number of amides is 2. The molecule has 0 bridgehead atoms. The van der Waals surface area contributed by atoms with E-state index in [0.29, 0.717) is 13.1 Å². The molecule has 18 heavy (non-hydrogen) atoms. The van der Waals surface area contributed by atoms with Gasteiger partial charge in [-0.15, -0.1) is 0 Å². The first-order chi connectivity index (χ1) is 8.38. The van der Waals surface area contributed by atoms with Crippen LogP contribution in [0.1, 0.15) is 20.8 Å². The van der Waals surface area contributed by atoms with Crippen LogP contribution in [0.15, 0.2) is 0 Å². The second kappa shape index (κ2) is 6.55. The van der Waals surface area contributed by atoms with Gasteiger partial charge in [-0.05, 0) is 20.8 Å². The van der Waals surface area contributed by atoms with Gasteiger partial charge in [-0.25, -0.2) is 4.79 Å². The summed E-state index contributed by atoms with van der Waals surface area (Å²) in [6.07, 6.45) is -0.699. The van der Waals surface area contributed by atoms with E-state index in [-0.39, 0.29) is 12.5 Å². The van der Waals surface area contributed by atoms with E-state index in [1.165, 1.54) is 0 Å². The molecule has 0 aromatic carbocycles. The molecule has 0 aliphatic carbocycles. The predicted octanol–water partition coefficient (Wildman–Crippen LogP) is -0.125. The molecule has 104 valence electrons. The zero-order valence-electron chi connectivity index (χ0n) is 11.1. The van der Waals surface area contributed by atoms with Gasteiger partial charge in [0.25, 0.3) is 5.91 Å². The maximum absolute atomic E-state index is 11.6. The van der Waals surface area contributed by atoms with E-state index in [1.54, 1.807) is 25.7 Å². The zero-order chi connectivity index (χ0) is 13.6. The third kappa shape index (κ3) is 5.83. The zero-order valence-corrected chi connectivity index (χ0v) is 11.1. The van der Waals surface area contributed by atoms with Gasteiger partial charge in [-0.2, -0.15) is 5.48 Å². The Kier molecular flexibility index (Phi) is 5.36. The van der Waals surface area contributed by atoms with Crippen molar-refractivity contribution in [3.05, 3.63) is 0 Å². The number of nitrogens with one attached hydrogen (secondary N) is 2. The summed E-state index contributed by atoms with van der Waals surface area (Å²) in [5, 5.41) is 3.15. The quantitative estimate of drug-likeness (QED) is 0.690. The summed E-state index contributed by atoms with van der Waals surface area (Å²) in [6, 6.07) is 0. The van der Waals surface area contributed by atoms with E-state index < -0.39 is 11.7 Å². The molecule has 0 aromatic rings. The van der Waals surface area contributed by atoms with Crippen molar-refractivity contribution >= 4 is 12.0 Å². The molecule has 0 atom stereocenters. The third-order valence-electron chi connectivity index (χ3n) is 2.22. The van der Waals surface area contributed by atoms with E-state index in [4.69, 9.17) is 9.57 Å². The molecule has 1 aliphatic heterocycles. The maximum atomic E-state index is 11.6. The number of hydroxylamine groups is 1. The smallest absolute Gasteiger partial charge is 0.431 e. The lowest BCUT2D eigenvalue weighted by Crippen LogP contribution is -2.48. The Morgan fingerprint density at radius 3 is 2.44 bits per heavy atom. The Labute approximate surface area is 107 Å². The molecule has 1 saturated heterocycles. The molecule has 0 radical (unpaired) electrons. The summed E-state index contributed by atoms with van der Waals surface area (Å²) in [7, 11) is 0. The molecule has 0 spiro atoms. The Bertz CT molecular complexity index is 295. The first kappa shape index (κ1) is 14.7. The van der Waals surface area contributed by atoms with E-state index in [9.17, 15) is 9.59 Å². The van der Waals surface area contributed by atoms with Crippen molar-refractivity contribution in [2.24, 2.45) is 0 Å². The molecule has 7 nitrogen and oxygen atoms in total. The van der Waals surface area contributed by atoms with Crippen molar-refractivity contribution in [2.45, 2.75) is 26.4 Å². The molecule has 2 N–H and O–H groups in total. The minimum Gasteiger partial charge on any atom is -0.442 e. The van der Waals surface area contributed by atoms with Gasteiger partial charge in [0.1, 0.15) is 5.60 Å². The lowest BCUT2D eigenvalue weighted by atomic mass is 10.2. The van der Waals surface area contributed by atoms with Crippen molar-refractivity contribution in [2.75, 3.05) is 32.8 Å². The lowest BCUT2D eigenvalue weighted by molar-refractivity contribution is -0.139. The molecule has 0 saturated carbocycles. The van der Waals surface area contributed by atoms with Gasteiger partial charge in [0.2, 0.25) is 0 Å². The van der Waals surface area contributed by atoms with Gasteiger partial charge in [0, 0.05) is 26.2 Å². The summed E-state index contributed by atoms with van der Waals surface area (Å²) >= 11 is 0. The van der Waals surface area contributed by atoms with Gasteiger partial charge in [0.05, 0.1) is 0 Å². The van der Waals surface area contributed by atoms with Crippen molar-refractivity contribution in [3.63, 3.8) is 0 Å². The molecular formula is C11H21N3O4. The summed E-state index contributed by atoms with van der Waals surface area (Å²) in [6.45, 7) is 7.95. The first-order valence-electron chi connectivity index (χ1n) is 5.98. The molecule has 0 unspecified atom stereocenters. The van der Waals surface area contributed by atoms with Gasteiger partial charge in [-0.3, -0.25) is 9.63 Å². The highest BCUT2D eigenvalue weighted by Gasteiger charge is 2.18. The second-order valence-electron chi connectivity index (χ2n) is 5.02. The Hall–Kier alpha value is -1.34. The molecule has 1 heterocycles. The van der Waals surface area contributed by atoms with Crippen LogP contribution in [0.3, 0.4) is 0 Å². The van der Waals surface area contributed by atoms with E-state index in [1.807, 2.05) is 0 Å². The Balaban J connectivity index is 2.17. The van der Waals surface area contributed by atoms with Crippen LogP contribution in [-0.2, 0) is 14.4 Å². The van der Waals surface area contributed by atoms with Gasteiger partial charge >= 0.3 is 6.09 Å². The number of piperazine rings is 1. The average Bonchev–Trinajstić information content (AvgIpc) is 2.27. The first-order valence-corrected chi connectivity index (χ1v) is 5.98. The number of rotatable bonds is 3. The molecule has 7 heteroatoms. The number of nitrogens with zero attached hydrogens (tertiary/aromatic N) is 1. The number of hydrogen-bond acceptors (Lipinski definition) is 5. The number of hydrogen-bond donors (Lipinski definition) is 2. The summed E-state index contributed by atoms with van der Waals surface area (Å²) in [5.41, 5.74) is 1.50. The van der Waals surface area contributed by atoms with Crippen molar-refractivity contribution in [3.8, 4) is 0 Å². The van der Waals surface area contributed by atoms with E-state index in [0.717, 1.165) is 13.1 Å². The minimum absolute atomic E-state index is 0.146. The standard InChI is InChI=1S/C11H21N3O4/c1-11(2,3)18-10(16)13-17-8-9(15)14-6-4-12-5-7-14/h12H,4-8H2,1-3H3,(H,13,16). The summed E-state index contributed by atoms with van der Waals surface area (Å²) in [4.78, 5) is 29.4. The van der Waals surface area contributed by atoms with Crippen LogP contribution < -0.4 is 10.8 Å². The van der Waals surface area contributed by atoms with E-state index in [2.05, 4.69) is 10.8 Å². The lowest BCUT2D eigenvalue weighted by Gasteiger charge is -2.27. The number of carbonyl (C=O) groups excluding carboxylic acids is 2. The predicted molar refractivity (Wildman–Crippen MR) is 64.8 cm³/mol. The second-order valence-corrected chi connectivity index (χ2v) is 5.02. The van der Waals surface area contributed by atoms with Crippen LogP contribution in [0.4, 0.5) is 4.79 Å². The van der Waals surface area contributed by atoms with Crippen LogP contribution in [0.2, 0.25) is 0 Å². The normalized spacial score (nSPS) is 16.3. The molecule has 1 aliphatic rings. The highest BCUT2D eigenvalue weighted by molar-refractivity contribution is 5.77.